The number of piperazine rings is 1. The van der Waals surface area contributed by atoms with E-state index in [9.17, 15) is 9.59 Å². The first kappa shape index (κ1) is 18.5. The monoisotopic (exact) mass is 370 g/mol. The number of rotatable bonds is 4. The molecule has 27 heavy (non-hydrogen) atoms. The van der Waals surface area contributed by atoms with Gasteiger partial charge < -0.3 is 19.3 Å². The fourth-order valence-corrected chi connectivity index (χ4v) is 2.85. The number of pyridine rings is 1. The molecular weight excluding hydrogens is 348 g/mol. The van der Waals surface area contributed by atoms with E-state index in [4.69, 9.17) is 9.47 Å². The minimum atomic E-state index is -0.599. The highest BCUT2D eigenvalue weighted by molar-refractivity contribution is 5.72. The molecule has 1 N–H and O–H groups in total. The minimum absolute atomic E-state index is 0.263. The highest BCUT2D eigenvalue weighted by atomic mass is 16.6. The van der Waals surface area contributed by atoms with Crippen LogP contribution in [0.15, 0.2) is 54.7 Å². The van der Waals surface area contributed by atoms with Gasteiger partial charge in [-0.2, -0.15) is 0 Å². The van der Waals surface area contributed by atoms with E-state index >= 15 is 0 Å². The number of ether oxygens (including phenoxy) is 2. The van der Waals surface area contributed by atoms with Crippen LogP contribution >= 0.6 is 0 Å². The van der Waals surface area contributed by atoms with Gasteiger partial charge in [-0.05, 0) is 31.2 Å². The zero-order chi connectivity index (χ0) is 19.1. The van der Waals surface area contributed by atoms with Crippen molar-refractivity contribution in [2.24, 2.45) is 0 Å². The van der Waals surface area contributed by atoms with E-state index in [2.05, 4.69) is 10.3 Å². The number of hydrogen-bond donors (Lipinski definition) is 1. The first-order valence-electron chi connectivity index (χ1n) is 8.80. The smallest absolute Gasteiger partial charge is 0.414 e. The van der Waals surface area contributed by atoms with Gasteiger partial charge in [-0.25, -0.2) is 14.6 Å². The molecule has 2 amide bonds. The molecular formula is C19H22N4O4. The van der Waals surface area contributed by atoms with Gasteiger partial charge in [-0.1, -0.05) is 24.3 Å². The maximum Gasteiger partial charge on any atom is 0.414 e. The first-order valence-corrected chi connectivity index (χ1v) is 8.80. The summed E-state index contributed by atoms with van der Waals surface area (Å²) in [6.45, 7) is 3.30. The number of hydrogen-bond acceptors (Lipinski definition) is 6. The third-order valence-electron chi connectivity index (χ3n) is 4.09. The van der Waals surface area contributed by atoms with Crippen molar-refractivity contribution in [1.29, 1.82) is 0 Å². The summed E-state index contributed by atoms with van der Waals surface area (Å²) in [5.41, 5.74) is 0. The van der Waals surface area contributed by atoms with Crippen molar-refractivity contribution in [3.63, 3.8) is 0 Å². The molecule has 8 nitrogen and oxygen atoms in total. The molecule has 1 aliphatic heterocycles. The SMILES string of the molecule is CCOC(=O)N1CCN(c2ccccn2)C(NC(=O)Oc2ccccc2)C1. The molecule has 1 aromatic heterocycles. The second-order valence-corrected chi connectivity index (χ2v) is 5.89. The van der Waals surface area contributed by atoms with E-state index in [0.717, 1.165) is 0 Å². The number of nitrogens with zero attached hydrogens (tertiary/aromatic N) is 3. The van der Waals surface area contributed by atoms with Gasteiger partial charge >= 0.3 is 12.2 Å². The summed E-state index contributed by atoms with van der Waals surface area (Å²) in [6.07, 6.45) is 0.195. The average Bonchev–Trinajstić information content (AvgIpc) is 2.69. The Bertz CT molecular complexity index is 757. The molecule has 0 aliphatic carbocycles. The van der Waals surface area contributed by atoms with Crippen molar-refractivity contribution in [2.45, 2.75) is 13.1 Å². The van der Waals surface area contributed by atoms with Crippen LogP contribution in [0.1, 0.15) is 6.92 Å². The molecule has 2 aromatic rings. The number of anilines is 1. The highest BCUT2D eigenvalue weighted by Crippen LogP contribution is 2.18. The van der Waals surface area contributed by atoms with Crippen molar-refractivity contribution in [2.75, 3.05) is 31.1 Å². The summed E-state index contributed by atoms with van der Waals surface area (Å²) in [5, 5.41) is 2.82. The van der Waals surface area contributed by atoms with E-state index in [1.54, 1.807) is 42.3 Å². The maximum atomic E-state index is 12.3. The topological polar surface area (TPSA) is 84.0 Å². The Labute approximate surface area is 157 Å². The van der Waals surface area contributed by atoms with E-state index < -0.39 is 18.4 Å². The van der Waals surface area contributed by atoms with Crippen LogP contribution in [0.4, 0.5) is 15.4 Å². The number of nitrogens with one attached hydrogen (secondary N) is 1. The van der Waals surface area contributed by atoms with Gasteiger partial charge in [0.25, 0.3) is 0 Å². The van der Waals surface area contributed by atoms with Gasteiger partial charge in [0.15, 0.2) is 0 Å². The lowest BCUT2D eigenvalue weighted by Gasteiger charge is -2.41. The Morgan fingerprint density at radius 2 is 1.93 bits per heavy atom. The van der Waals surface area contributed by atoms with Gasteiger partial charge in [0.1, 0.15) is 17.7 Å². The van der Waals surface area contributed by atoms with Crippen molar-refractivity contribution >= 4 is 18.0 Å². The minimum Gasteiger partial charge on any atom is -0.450 e. The summed E-state index contributed by atoms with van der Waals surface area (Å²) >= 11 is 0. The Kier molecular flexibility index (Phi) is 6.09. The van der Waals surface area contributed by atoms with E-state index in [0.29, 0.717) is 31.3 Å². The molecule has 1 saturated heterocycles. The van der Waals surface area contributed by atoms with Crippen LogP contribution in [0.5, 0.6) is 5.75 Å². The average molecular weight is 370 g/mol. The lowest BCUT2D eigenvalue weighted by atomic mass is 10.2. The van der Waals surface area contributed by atoms with Gasteiger partial charge in [-0.3, -0.25) is 5.32 Å². The lowest BCUT2D eigenvalue weighted by Crippen LogP contribution is -2.62. The van der Waals surface area contributed by atoms with Crippen LogP contribution in [-0.4, -0.2) is 54.5 Å². The fourth-order valence-electron chi connectivity index (χ4n) is 2.85. The Hall–Kier alpha value is -3.29. The van der Waals surface area contributed by atoms with Gasteiger partial charge in [0, 0.05) is 19.3 Å². The number of carbonyl (C=O) groups excluding carboxylic acids is 2. The molecule has 0 saturated carbocycles. The molecule has 0 spiro atoms. The van der Waals surface area contributed by atoms with Crippen LogP contribution in [-0.2, 0) is 4.74 Å². The van der Waals surface area contributed by atoms with Crippen LogP contribution in [0, 0.1) is 0 Å². The predicted octanol–water partition coefficient (Wildman–Crippen LogP) is 2.47. The molecule has 2 heterocycles. The highest BCUT2D eigenvalue weighted by Gasteiger charge is 2.32. The van der Waals surface area contributed by atoms with Crippen molar-refractivity contribution < 1.29 is 19.1 Å². The standard InChI is InChI=1S/C19H22N4O4/c1-2-26-19(25)22-12-13-23(16-10-6-7-11-20-16)17(14-22)21-18(24)27-15-8-4-3-5-9-15/h3-11,17H,2,12-14H2,1H3,(H,21,24). The molecule has 142 valence electrons. The van der Waals surface area contributed by atoms with E-state index in [1.807, 2.05) is 29.2 Å². The van der Waals surface area contributed by atoms with E-state index in [1.165, 1.54) is 0 Å². The number of carbonyl (C=O) groups is 2. The molecule has 1 fully saturated rings. The molecule has 0 radical (unpaired) electrons. The number of amides is 2. The second-order valence-electron chi connectivity index (χ2n) is 5.89. The molecule has 1 aliphatic rings. The fraction of sp³-hybridized carbons (Fsp3) is 0.316. The normalized spacial score (nSPS) is 16.6. The lowest BCUT2D eigenvalue weighted by molar-refractivity contribution is 0.0958. The van der Waals surface area contributed by atoms with Gasteiger partial charge in [0.05, 0.1) is 13.2 Å². The van der Waals surface area contributed by atoms with Crippen molar-refractivity contribution in [1.82, 2.24) is 15.2 Å². The third-order valence-corrected chi connectivity index (χ3v) is 4.09. The molecule has 1 aromatic carbocycles. The zero-order valence-corrected chi connectivity index (χ0v) is 15.1. The largest absolute Gasteiger partial charge is 0.450 e. The van der Waals surface area contributed by atoms with E-state index in [-0.39, 0.29) is 6.54 Å². The Morgan fingerprint density at radius 3 is 2.63 bits per heavy atom. The summed E-state index contributed by atoms with van der Waals surface area (Å²) in [5.74, 6) is 1.16. The molecule has 1 atom stereocenters. The van der Waals surface area contributed by atoms with Crippen LogP contribution < -0.4 is 15.0 Å². The molecule has 3 rings (SSSR count). The maximum absolute atomic E-state index is 12.3. The first-order chi connectivity index (χ1) is 13.2. The zero-order valence-electron chi connectivity index (χ0n) is 15.1. The van der Waals surface area contributed by atoms with Crippen LogP contribution in [0.25, 0.3) is 0 Å². The summed E-state index contributed by atoms with van der Waals surface area (Å²) < 4.78 is 10.4. The van der Waals surface area contributed by atoms with Gasteiger partial charge in [-0.15, -0.1) is 0 Å². The quantitative estimate of drug-likeness (QED) is 0.890. The van der Waals surface area contributed by atoms with Crippen LogP contribution in [0.2, 0.25) is 0 Å². The summed E-state index contributed by atoms with van der Waals surface area (Å²) in [4.78, 5) is 32.3. The van der Waals surface area contributed by atoms with Crippen LogP contribution in [0.3, 0.4) is 0 Å². The Morgan fingerprint density at radius 1 is 1.15 bits per heavy atom. The molecule has 8 heteroatoms. The van der Waals surface area contributed by atoms with Gasteiger partial charge in [0.2, 0.25) is 0 Å². The van der Waals surface area contributed by atoms with Crippen molar-refractivity contribution in [3.8, 4) is 5.75 Å². The second kappa shape index (κ2) is 8.88. The predicted molar refractivity (Wildman–Crippen MR) is 99.6 cm³/mol. The molecule has 1 unspecified atom stereocenters. The number of benzene rings is 1. The molecule has 0 bridgehead atoms. The van der Waals surface area contributed by atoms with Crippen molar-refractivity contribution in [3.05, 3.63) is 54.7 Å². The number of aromatic nitrogens is 1. The third kappa shape index (κ3) is 4.87. The number of para-hydroxylation sites is 1. The Balaban J connectivity index is 1.72. The summed E-state index contributed by atoms with van der Waals surface area (Å²) in [7, 11) is 0. The summed E-state index contributed by atoms with van der Waals surface area (Å²) in [6, 6.07) is 14.4.